The lowest BCUT2D eigenvalue weighted by molar-refractivity contribution is 0.415. The molecule has 5 heteroatoms. The maximum Gasteiger partial charge on any atom is 0.138 e. The Morgan fingerprint density at radius 1 is 1.11 bits per heavy atom. The Morgan fingerprint density at radius 2 is 1.79 bits per heavy atom. The summed E-state index contributed by atoms with van der Waals surface area (Å²) in [6.07, 6.45) is 0. The van der Waals surface area contributed by atoms with Gasteiger partial charge in [-0.15, -0.1) is 22.9 Å². The van der Waals surface area contributed by atoms with Crippen molar-refractivity contribution in [2.75, 3.05) is 7.11 Å². The van der Waals surface area contributed by atoms with Gasteiger partial charge in [-0.1, -0.05) is 23.2 Å². The van der Waals surface area contributed by atoms with E-state index in [4.69, 9.17) is 39.5 Å². The maximum absolute atomic E-state index is 6.52. The quantitative estimate of drug-likeness (QED) is 0.624. The van der Waals surface area contributed by atoms with Gasteiger partial charge in [-0.3, -0.25) is 0 Å². The molecule has 1 nitrogen and oxygen atoms in total. The van der Waals surface area contributed by atoms with Crippen LogP contribution in [0.15, 0.2) is 18.2 Å². The molecule has 0 saturated heterocycles. The molecule has 0 N–H and O–H groups in total. The van der Waals surface area contributed by atoms with Gasteiger partial charge in [0.2, 0.25) is 0 Å². The minimum absolute atomic E-state index is 0.298. The van der Waals surface area contributed by atoms with Crippen molar-refractivity contribution in [3.8, 4) is 5.75 Å². The zero-order chi connectivity index (χ0) is 14.2. The van der Waals surface area contributed by atoms with Crippen molar-refractivity contribution in [2.45, 2.75) is 19.2 Å². The van der Waals surface area contributed by atoms with E-state index in [0.717, 1.165) is 10.4 Å². The minimum Gasteiger partial charge on any atom is -0.495 e. The number of rotatable bonds is 3. The summed E-state index contributed by atoms with van der Waals surface area (Å²) in [5.74, 6) is 0.554. The number of aryl methyl sites for hydroxylation is 2. The van der Waals surface area contributed by atoms with E-state index in [1.807, 2.05) is 0 Å². The molecule has 1 atom stereocenters. The van der Waals surface area contributed by atoms with Gasteiger partial charge >= 0.3 is 0 Å². The molecule has 0 radical (unpaired) electrons. The monoisotopic (exact) mass is 334 g/mol. The maximum atomic E-state index is 6.52. The van der Waals surface area contributed by atoms with E-state index in [9.17, 15) is 0 Å². The van der Waals surface area contributed by atoms with E-state index in [1.165, 1.54) is 10.4 Å². The second kappa shape index (κ2) is 5.92. The summed E-state index contributed by atoms with van der Waals surface area (Å²) in [5, 5.41) is 0.774. The molecule has 1 aromatic heterocycles. The van der Waals surface area contributed by atoms with E-state index < -0.39 is 0 Å². The smallest absolute Gasteiger partial charge is 0.138 e. The molecule has 0 amide bonds. The van der Waals surface area contributed by atoms with Gasteiger partial charge in [0.15, 0.2) is 0 Å². The zero-order valence-corrected chi connectivity index (χ0v) is 13.8. The summed E-state index contributed by atoms with van der Waals surface area (Å²) < 4.78 is 5.13. The molecule has 0 spiro atoms. The fraction of sp³-hybridized carbons (Fsp3) is 0.286. The van der Waals surface area contributed by atoms with Crippen molar-refractivity contribution in [1.29, 1.82) is 0 Å². The number of halogens is 3. The Balaban J connectivity index is 2.44. The fourth-order valence-corrected chi connectivity index (χ4v) is 3.76. The average molecular weight is 336 g/mol. The second-order valence-corrected chi connectivity index (χ2v) is 6.80. The van der Waals surface area contributed by atoms with Crippen molar-refractivity contribution in [2.24, 2.45) is 0 Å². The second-order valence-electron chi connectivity index (χ2n) is 4.26. The number of methoxy groups -OCH3 is 1. The molecular weight excluding hydrogens is 323 g/mol. The number of hydrogen-bond acceptors (Lipinski definition) is 2. The van der Waals surface area contributed by atoms with Crippen LogP contribution in [0.4, 0.5) is 0 Å². The van der Waals surface area contributed by atoms with Gasteiger partial charge < -0.3 is 4.74 Å². The molecule has 0 aliphatic heterocycles. The van der Waals surface area contributed by atoms with Crippen LogP contribution >= 0.6 is 46.1 Å². The standard InChI is InChI=1S/C14H13Cl3OS/c1-7-4-13(19-8(7)2)14(17)9-5-11(16)12(18-3)6-10(9)15/h4-6,14H,1-3H3. The molecule has 102 valence electrons. The van der Waals surface area contributed by atoms with Gasteiger partial charge in [0.1, 0.15) is 5.75 Å². The first kappa shape index (κ1) is 15.0. The zero-order valence-electron chi connectivity index (χ0n) is 10.8. The predicted molar refractivity (Wildman–Crippen MR) is 84.5 cm³/mol. The highest BCUT2D eigenvalue weighted by Gasteiger charge is 2.19. The van der Waals surface area contributed by atoms with E-state index in [1.54, 1.807) is 30.6 Å². The third-order valence-corrected chi connectivity index (χ3v) is 5.42. The van der Waals surface area contributed by atoms with Gasteiger partial charge in [0.05, 0.1) is 17.5 Å². The largest absolute Gasteiger partial charge is 0.495 e. The van der Waals surface area contributed by atoms with Crippen LogP contribution in [0, 0.1) is 13.8 Å². The van der Waals surface area contributed by atoms with Gasteiger partial charge in [0, 0.05) is 20.8 Å². The van der Waals surface area contributed by atoms with Crippen LogP contribution in [0.3, 0.4) is 0 Å². The minimum atomic E-state index is -0.298. The highest BCUT2D eigenvalue weighted by Crippen LogP contribution is 2.41. The van der Waals surface area contributed by atoms with Gasteiger partial charge in [-0.2, -0.15) is 0 Å². The SMILES string of the molecule is COc1cc(Cl)c(C(Cl)c2cc(C)c(C)s2)cc1Cl. The van der Waals surface area contributed by atoms with Crippen LogP contribution in [-0.2, 0) is 0 Å². The van der Waals surface area contributed by atoms with E-state index in [-0.39, 0.29) is 5.38 Å². The highest BCUT2D eigenvalue weighted by molar-refractivity contribution is 7.12. The topological polar surface area (TPSA) is 9.23 Å². The van der Waals surface area contributed by atoms with Crippen molar-refractivity contribution >= 4 is 46.1 Å². The highest BCUT2D eigenvalue weighted by atomic mass is 35.5. The van der Waals surface area contributed by atoms with Crippen LogP contribution in [-0.4, -0.2) is 7.11 Å². The number of hydrogen-bond donors (Lipinski definition) is 0. The summed E-state index contributed by atoms with van der Waals surface area (Å²) in [4.78, 5) is 2.33. The van der Waals surface area contributed by atoms with Crippen LogP contribution in [0.1, 0.15) is 26.3 Å². The summed E-state index contributed by atoms with van der Waals surface area (Å²) >= 11 is 20.6. The predicted octanol–water partition coefficient (Wildman–Crippen LogP) is 6.01. The van der Waals surface area contributed by atoms with Gasteiger partial charge in [-0.05, 0) is 37.1 Å². The van der Waals surface area contributed by atoms with Gasteiger partial charge in [-0.25, -0.2) is 0 Å². The van der Waals surface area contributed by atoms with E-state index in [0.29, 0.717) is 15.8 Å². The van der Waals surface area contributed by atoms with Crippen LogP contribution in [0.25, 0.3) is 0 Å². The van der Waals surface area contributed by atoms with Gasteiger partial charge in [0.25, 0.3) is 0 Å². The first-order chi connectivity index (χ1) is 8.93. The summed E-state index contributed by atoms with van der Waals surface area (Å²) in [6, 6.07) is 5.55. The molecule has 0 aliphatic carbocycles. The lowest BCUT2D eigenvalue weighted by Crippen LogP contribution is -1.94. The van der Waals surface area contributed by atoms with Crippen molar-refractivity contribution in [1.82, 2.24) is 0 Å². The lowest BCUT2D eigenvalue weighted by Gasteiger charge is -2.12. The van der Waals surface area contributed by atoms with E-state index in [2.05, 4.69) is 19.9 Å². The first-order valence-electron chi connectivity index (χ1n) is 5.68. The molecule has 19 heavy (non-hydrogen) atoms. The Hall–Kier alpha value is -0.410. The van der Waals surface area contributed by atoms with Crippen molar-refractivity contribution in [3.05, 3.63) is 49.1 Å². The number of thiophene rings is 1. The number of ether oxygens (including phenoxy) is 1. The summed E-state index contributed by atoms with van der Waals surface area (Å²) in [5.41, 5.74) is 2.04. The molecular formula is C14H13Cl3OS. The lowest BCUT2D eigenvalue weighted by atomic mass is 10.1. The van der Waals surface area contributed by atoms with Crippen LogP contribution in [0.5, 0.6) is 5.75 Å². The normalized spacial score (nSPS) is 12.5. The first-order valence-corrected chi connectivity index (χ1v) is 7.69. The van der Waals surface area contributed by atoms with Crippen LogP contribution < -0.4 is 4.74 Å². The Morgan fingerprint density at radius 3 is 2.32 bits per heavy atom. The third-order valence-electron chi connectivity index (χ3n) is 2.98. The van der Waals surface area contributed by atoms with Crippen molar-refractivity contribution in [3.63, 3.8) is 0 Å². The van der Waals surface area contributed by atoms with E-state index >= 15 is 0 Å². The number of benzene rings is 1. The Kier molecular flexibility index (Phi) is 4.67. The summed E-state index contributed by atoms with van der Waals surface area (Å²) in [6.45, 7) is 4.15. The Bertz CT molecular complexity index is 587. The molecule has 0 fully saturated rings. The van der Waals surface area contributed by atoms with Crippen LogP contribution in [0.2, 0.25) is 10.0 Å². The fourth-order valence-electron chi connectivity index (χ4n) is 1.77. The molecule has 0 bridgehead atoms. The molecule has 1 unspecified atom stereocenters. The molecule has 1 aromatic carbocycles. The molecule has 1 heterocycles. The molecule has 0 saturated carbocycles. The summed E-state index contributed by atoms with van der Waals surface area (Å²) in [7, 11) is 1.56. The number of alkyl halides is 1. The molecule has 2 rings (SSSR count). The average Bonchev–Trinajstić information content (AvgIpc) is 2.71. The third kappa shape index (κ3) is 3.03. The van der Waals surface area contributed by atoms with Crippen molar-refractivity contribution < 1.29 is 4.74 Å². The Labute approximate surface area is 132 Å². The molecule has 2 aromatic rings. The molecule has 0 aliphatic rings.